The quantitative estimate of drug-likeness (QED) is 0.202. The molecule has 0 radical (unpaired) electrons. The Balaban J connectivity index is 1.50. The Morgan fingerprint density at radius 3 is 2.02 bits per heavy atom. The fourth-order valence-corrected chi connectivity index (χ4v) is 6.66. The molecule has 48 heavy (non-hydrogen) atoms. The van der Waals surface area contributed by atoms with Gasteiger partial charge in [0.15, 0.2) is 5.60 Å². The Kier molecular flexibility index (Phi) is 8.06. The maximum atomic E-state index is 14.2. The predicted octanol–water partition coefficient (Wildman–Crippen LogP) is 5.78. The van der Waals surface area contributed by atoms with Crippen molar-refractivity contribution < 1.29 is 38.8 Å². The number of nitrogens with two attached hydrogens (primary N) is 1. The van der Waals surface area contributed by atoms with Gasteiger partial charge in [0.2, 0.25) is 5.91 Å². The summed E-state index contributed by atoms with van der Waals surface area (Å²) < 4.78 is 18.3. The second kappa shape index (κ2) is 11.9. The number of aromatic hydroxyl groups is 2. The van der Waals surface area contributed by atoms with Gasteiger partial charge in [-0.3, -0.25) is 9.59 Å². The molecule has 0 saturated carbocycles. The third-order valence-electron chi connectivity index (χ3n) is 8.59. The van der Waals surface area contributed by atoms with Crippen LogP contribution in [-0.4, -0.2) is 46.2 Å². The Morgan fingerprint density at radius 1 is 0.896 bits per heavy atom. The number of anilines is 1. The highest BCUT2D eigenvalue weighted by molar-refractivity contribution is 6.03. The fraction of sp³-hybridized carbons (Fsp3) is 0.289. The van der Waals surface area contributed by atoms with Crippen LogP contribution in [0.15, 0.2) is 72.8 Å². The van der Waals surface area contributed by atoms with E-state index in [1.807, 2.05) is 55.1 Å². The number of primary amides is 1. The normalized spacial score (nSPS) is 14.6. The van der Waals surface area contributed by atoms with Crippen LogP contribution in [-0.2, 0) is 37.5 Å². The second-order valence-corrected chi connectivity index (χ2v) is 13.4. The number of rotatable bonds is 8. The lowest BCUT2D eigenvalue weighted by atomic mass is 9.77. The molecular formula is C38H38N2O8. The summed E-state index contributed by atoms with van der Waals surface area (Å²) in [4.78, 5) is 41.0. The van der Waals surface area contributed by atoms with Crippen molar-refractivity contribution in [1.82, 2.24) is 0 Å². The zero-order chi connectivity index (χ0) is 34.5. The molecule has 0 fully saturated rings. The minimum absolute atomic E-state index is 0.0401. The van der Waals surface area contributed by atoms with E-state index in [4.69, 9.17) is 19.9 Å². The van der Waals surface area contributed by atoms with Gasteiger partial charge >= 0.3 is 11.9 Å². The number of carbonyl (C=O) groups excluding carboxylic acids is 3. The summed E-state index contributed by atoms with van der Waals surface area (Å²) in [6.45, 7) is 9.11. The minimum atomic E-state index is -1.46. The van der Waals surface area contributed by atoms with Gasteiger partial charge in [-0.05, 0) is 82.0 Å². The molecule has 2 heterocycles. The number of phenolic OH excluding ortho intramolecular Hbond substituents is 2. The number of amides is 1. The molecule has 1 amide bonds. The highest BCUT2D eigenvalue weighted by atomic mass is 16.6. The lowest BCUT2D eigenvalue weighted by Crippen LogP contribution is -2.42. The van der Waals surface area contributed by atoms with Crippen LogP contribution < -0.4 is 15.4 Å². The second-order valence-electron chi connectivity index (χ2n) is 13.4. The van der Waals surface area contributed by atoms with Crippen molar-refractivity contribution in [2.75, 3.05) is 11.4 Å². The number of hydrogen-bond donors (Lipinski definition) is 3. The Hall–Kier alpha value is -5.51. The first-order chi connectivity index (χ1) is 22.7. The van der Waals surface area contributed by atoms with Crippen LogP contribution in [0.4, 0.5) is 5.69 Å². The first-order valence-electron chi connectivity index (χ1n) is 15.7. The first-order valence-corrected chi connectivity index (χ1v) is 15.7. The highest BCUT2D eigenvalue weighted by Crippen LogP contribution is 2.58. The van der Waals surface area contributed by atoms with E-state index < -0.39 is 29.0 Å². The van der Waals surface area contributed by atoms with Crippen molar-refractivity contribution in [3.63, 3.8) is 0 Å². The van der Waals surface area contributed by atoms with E-state index in [-0.39, 0.29) is 42.0 Å². The van der Waals surface area contributed by atoms with Crippen LogP contribution in [0.5, 0.6) is 23.0 Å². The van der Waals surface area contributed by atoms with E-state index in [2.05, 4.69) is 0 Å². The third kappa shape index (κ3) is 5.90. The van der Waals surface area contributed by atoms with Crippen molar-refractivity contribution in [2.45, 2.75) is 64.7 Å². The third-order valence-corrected chi connectivity index (χ3v) is 8.59. The zero-order valence-corrected chi connectivity index (χ0v) is 27.5. The Bertz CT molecular complexity index is 1890. The van der Waals surface area contributed by atoms with Crippen molar-refractivity contribution >= 4 is 23.5 Å². The maximum absolute atomic E-state index is 14.2. The number of benzene rings is 4. The van der Waals surface area contributed by atoms with Crippen LogP contribution in [0.2, 0.25) is 0 Å². The van der Waals surface area contributed by atoms with Crippen LogP contribution in [0, 0.1) is 6.92 Å². The molecule has 4 N–H and O–H groups in total. The van der Waals surface area contributed by atoms with Gasteiger partial charge in [0.05, 0.1) is 17.7 Å². The molecule has 1 unspecified atom stereocenters. The van der Waals surface area contributed by atoms with E-state index in [0.29, 0.717) is 34.4 Å². The molecule has 4 aromatic carbocycles. The lowest BCUT2D eigenvalue weighted by Gasteiger charge is -2.37. The first kappa shape index (κ1) is 32.4. The van der Waals surface area contributed by atoms with Gasteiger partial charge in [-0.1, -0.05) is 36.4 Å². The van der Waals surface area contributed by atoms with E-state index in [9.17, 15) is 24.6 Å². The minimum Gasteiger partial charge on any atom is -0.508 e. The topological polar surface area (TPSA) is 149 Å². The largest absolute Gasteiger partial charge is 0.508 e. The molecule has 0 aromatic heterocycles. The van der Waals surface area contributed by atoms with Gasteiger partial charge in [0.25, 0.3) is 0 Å². The summed E-state index contributed by atoms with van der Waals surface area (Å²) in [5, 5.41) is 20.6. The van der Waals surface area contributed by atoms with Gasteiger partial charge in [-0.2, -0.15) is 0 Å². The molecule has 0 aliphatic carbocycles. The summed E-state index contributed by atoms with van der Waals surface area (Å²) >= 11 is 0. The molecule has 0 saturated heterocycles. The van der Waals surface area contributed by atoms with Gasteiger partial charge in [-0.25, -0.2) is 4.79 Å². The monoisotopic (exact) mass is 650 g/mol. The number of phenols is 2. The molecule has 6 rings (SSSR count). The van der Waals surface area contributed by atoms with Crippen LogP contribution in [0.25, 0.3) is 0 Å². The average Bonchev–Trinajstić information content (AvgIpc) is 3.27. The standard InChI is InChI=1S/C38H38N2O8/c1-21-6-13-29-34(36(45)48-38(29)27-14-11-25(41)18-30(27)46-31-19-26(42)12-15-28(31)38)35(21)40(20-33(44)47-37(3,4)5)22(2)16-23-7-9-24(10-8-23)17-32(39)43/h6-15,18-19,22,41-42H,16-17,20H2,1-5H3,(H2,39,43). The van der Waals surface area contributed by atoms with Gasteiger partial charge in [0.1, 0.15) is 35.1 Å². The summed E-state index contributed by atoms with van der Waals surface area (Å²) in [5.41, 5.74) is 8.05. The van der Waals surface area contributed by atoms with E-state index in [1.165, 1.54) is 24.3 Å². The molecule has 1 atom stereocenters. The van der Waals surface area contributed by atoms with Gasteiger partial charge < -0.3 is 35.1 Å². The van der Waals surface area contributed by atoms with Gasteiger partial charge in [-0.15, -0.1) is 0 Å². The number of esters is 2. The van der Waals surface area contributed by atoms with Crippen LogP contribution in [0.3, 0.4) is 0 Å². The van der Waals surface area contributed by atoms with Crippen LogP contribution in [0.1, 0.15) is 71.4 Å². The SMILES string of the molecule is Cc1ccc2c(c1N(CC(=O)OC(C)(C)C)C(C)Cc1ccc(CC(N)=O)cc1)C(=O)OC21c2ccc(O)cc2Oc2cc(O)ccc21. The average molecular weight is 651 g/mol. The fourth-order valence-electron chi connectivity index (χ4n) is 6.66. The molecule has 10 heteroatoms. The summed E-state index contributed by atoms with van der Waals surface area (Å²) in [5.74, 6) is -1.01. The number of carbonyl (C=O) groups is 3. The lowest BCUT2D eigenvalue weighted by molar-refractivity contribution is -0.153. The van der Waals surface area contributed by atoms with Crippen LogP contribution >= 0.6 is 0 Å². The van der Waals surface area contributed by atoms with Gasteiger partial charge in [0, 0.05) is 34.9 Å². The molecule has 4 aromatic rings. The van der Waals surface area contributed by atoms with Crippen molar-refractivity contribution in [3.8, 4) is 23.0 Å². The summed E-state index contributed by atoms with van der Waals surface area (Å²) in [6.07, 6.45) is 0.636. The van der Waals surface area contributed by atoms with Crippen molar-refractivity contribution in [3.05, 3.63) is 112 Å². The highest BCUT2D eigenvalue weighted by Gasteiger charge is 2.55. The van der Waals surface area contributed by atoms with E-state index >= 15 is 0 Å². The number of hydrogen-bond acceptors (Lipinski definition) is 9. The summed E-state index contributed by atoms with van der Waals surface area (Å²) in [7, 11) is 0. The molecule has 10 nitrogen and oxygen atoms in total. The molecular weight excluding hydrogens is 612 g/mol. The summed E-state index contributed by atoms with van der Waals surface area (Å²) in [6, 6.07) is 20.2. The molecule has 248 valence electrons. The number of aryl methyl sites for hydroxylation is 1. The number of nitrogens with zero attached hydrogens (tertiary/aromatic N) is 1. The predicted molar refractivity (Wildman–Crippen MR) is 178 cm³/mol. The smallest absolute Gasteiger partial charge is 0.342 e. The molecule has 1 spiro atoms. The molecule has 2 aliphatic heterocycles. The Morgan fingerprint density at radius 2 is 1.46 bits per heavy atom. The number of ether oxygens (including phenoxy) is 3. The Labute approximate surface area is 278 Å². The van der Waals surface area contributed by atoms with E-state index in [1.54, 1.807) is 32.9 Å². The zero-order valence-electron chi connectivity index (χ0n) is 27.5. The van der Waals surface area contributed by atoms with E-state index in [0.717, 1.165) is 16.7 Å². The maximum Gasteiger partial charge on any atom is 0.342 e. The van der Waals surface area contributed by atoms with Crippen molar-refractivity contribution in [2.24, 2.45) is 5.73 Å². The van der Waals surface area contributed by atoms with Crippen molar-refractivity contribution in [1.29, 1.82) is 0 Å². The molecule has 0 bridgehead atoms. The molecule has 2 aliphatic rings. The number of fused-ring (bicyclic) bond motifs is 6.